The molecular weight excluding hydrogens is 218 g/mol. The van der Waals surface area contributed by atoms with Crippen LogP contribution < -0.4 is 4.90 Å². The third-order valence-corrected chi connectivity index (χ3v) is 4.22. The second kappa shape index (κ2) is 4.95. The maximum atomic E-state index is 2.63. The molecule has 1 heterocycles. The molecule has 1 aromatic carbocycles. The van der Waals surface area contributed by atoms with Gasteiger partial charge in [0.1, 0.15) is 0 Å². The van der Waals surface area contributed by atoms with Crippen LogP contribution in [0.5, 0.6) is 0 Å². The van der Waals surface area contributed by atoms with Crippen molar-refractivity contribution >= 4 is 5.69 Å². The van der Waals surface area contributed by atoms with Crippen molar-refractivity contribution in [2.45, 2.75) is 58.9 Å². The van der Waals surface area contributed by atoms with Crippen molar-refractivity contribution in [1.82, 2.24) is 0 Å². The van der Waals surface area contributed by atoms with Gasteiger partial charge in [-0.3, -0.25) is 0 Å². The van der Waals surface area contributed by atoms with E-state index in [9.17, 15) is 0 Å². The van der Waals surface area contributed by atoms with Crippen LogP contribution in [0, 0.1) is 5.92 Å². The minimum Gasteiger partial charge on any atom is -0.366 e. The second-order valence-corrected chi connectivity index (χ2v) is 6.81. The van der Waals surface area contributed by atoms with Gasteiger partial charge >= 0.3 is 0 Å². The predicted octanol–water partition coefficient (Wildman–Crippen LogP) is 4.82. The second-order valence-electron chi connectivity index (χ2n) is 6.81. The first-order chi connectivity index (χ1) is 8.42. The van der Waals surface area contributed by atoms with Crippen LogP contribution in [0.1, 0.15) is 58.9 Å². The summed E-state index contributed by atoms with van der Waals surface area (Å²) < 4.78 is 0. The molecule has 1 heteroatoms. The Hall–Kier alpha value is -0.980. The molecule has 0 radical (unpaired) electrons. The standard InChI is InChI=1S/C17H27N/c1-13(2)10-11-18-16-9-7-6-8-15(16)14(3)12-17(18,4)5/h6-9,13-14H,10-12H2,1-5H3. The minimum atomic E-state index is 0.280. The Bertz CT molecular complexity index is 406. The highest BCUT2D eigenvalue weighted by molar-refractivity contribution is 5.59. The van der Waals surface area contributed by atoms with Gasteiger partial charge in [-0.25, -0.2) is 0 Å². The summed E-state index contributed by atoms with van der Waals surface area (Å²) in [7, 11) is 0. The lowest BCUT2D eigenvalue weighted by molar-refractivity contribution is 0.366. The third kappa shape index (κ3) is 2.55. The van der Waals surface area contributed by atoms with Crippen LogP contribution in [-0.4, -0.2) is 12.1 Å². The molecule has 0 amide bonds. The van der Waals surface area contributed by atoms with E-state index in [2.05, 4.69) is 63.8 Å². The molecule has 1 aliphatic rings. The van der Waals surface area contributed by atoms with E-state index < -0.39 is 0 Å². The summed E-state index contributed by atoms with van der Waals surface area (Å²) in [6.07, 6.45) is 2.52. The first kappa shape index (κ1) is 13.5. The number of benzene rings is 1. The molecular formula is C17H27N. The number of rotatable bonds is 3. The van der Waals surface area contributed by atoms with Gasteiger partial charge < -0.3 is 4.90 Å². The fourth-order valence-electron chi connectivity index (χ4n) is 3.26. The van der Waals surface area contributed by atoms with E-state index in [1.54, 1.807) is 0 Å². The highest BCUT2D eigenvalue weighted by Gasteiger charge is 2.35. The van der Waals surface area contributed by atoms with Gasteiger partial charge in [0.15, 0.2) is 0 Å². The first-order valence-electron chi connectivity index (χ1n) is 7.28. The van der Waals surface area contributed by atoms with Gasteiger partial charge in [-0.2, -0.15) is 0 Å². The average Bonchev–Trinajstić information content (AvgIpc) is 2.27. The summed E-state index contributed by atoms with van der Waals surface area (Å²) in [5.41, 5.74) is 3.27. The summed E-state index contributed by atoms with van der Waals surface area (Å²) in [5.74, 6) is 1.44. The molecule has 2 rings (SSSR count). The molecule has 1 aliphatic heterocycles. The van der Waals surface area contributed by atoms with E-state index in [-0.39, 0.29) is 5.54 Å². The zero-order valence-electron chi connectivity index (χ0n) is 12.5. The fraction of sp³-hybridized carbons (Fsp3) is 0.647. The average molecular weight is 245 g/mol. The quantitative estimate of drug-likeness (QED) is 0.737. The Morgan fingerprint density at radius 3 is 2.61 bits per heavy atom. The Balaban J connectivity index is 2.32. The van der Waals surface area contributed by atoms with Crippen LogP contribution >= 0.6 is 0 Å². The van der Waals surface area contributed by atoms with Crippen LogP contribution in [0.25, 0.3) is 0 Å². The van der Waals surface area contributed by atoms with Crippen molar-refractivity contribution in [3.05, 3.63) is 29.8 Å². The summed E-state index contributed by atoms with van der Waals surface area (Å²) >= 11 is 0. The lowest BCUT2D eigenvalue weighted by Gasteiger charge is -2.48. The number of fused-ring (bicyclic) bond motifs is 1. The van der Waals surface area contributed by atoms with E-state index >= 15 is 0 Å². The van der Waals surface area contributed by atoms with Crippen LogP contribution in [0.15, 0.2) is 24.3 Å². The molecule has 0 aromatic heterocycles. The number of para-hydroxylation sites is 1. The molecule has 0 saturated carbocycles. The zero-order valence-corrected chi connectivity index (χ0v) is 12.5. The lowest BCUT2D eigenvalue weighted by atomic mass is 9.80. The normalized spacial score (nSPS) is 22.1. The fourth-order valence-corrected chi connectivity index (χ4v) is 3.26. The van der Waals surface area contributed by atoms with Crippen molar-refractivity contribution < 1.29 is 0 Å². The minimum absolute atomic E-state index is 0.280. The monoisotopic (exact) mass is 245 g/mol. The maximum Gasteiger partial charge on any atom is 0.0405 e. The van der Waals surface area contributed by atoms with Gasteiger partial charge in [0, 0.05) is 17.8 Å². The van der Waals surface area contributed by atoms with Crippen LogP contribution in [0.4, 0.5) is 5.69 Å². The van der Waals surface area contributed by atoms with Gasteiger partial charge in [0.05, 0.1) is 0 Å². The maximum absolute atomic E-state index is 2.63. The molecule has 100 valence electrons. The highest BCUT2D eigenvalue weighted by atomic mass is 15.2. The molecule has 0 saturated heterocycles. The lowest BCUT2D eigenvalue weighted by Crippen LogP contribution is -2.49. The third-order valence-electron chi connectivity index (χ3n) is 4.22. The molecule has 1 aromatic rings. The van der Waals surface area contributed by atoms with Crippen molar-refractivity contribution in [1.29, 1.82) is 0 Å². The Morgan fingerprint density at radius 1 is 1.28 bits per heavy atom. The number of nitrogens with zero attached hydrogens (tertiary/aromatic N) is 1. The van der Waals surface area contributed by atoms with E-state index in [0.29, 0.717) is 5.92 Å². The number of anilines is 1. The summed E-state index contributed by atoms with van der Waals surface area (Å²) in [6.45, 7) is 12.9. The predicted molar refractivity (Wildman–Crippen MR) is 80.4 cm³/mol. The van der Waals surface area contributed by atoms with Crippen molar-refractivity contribution in [3.63, 3.8) is 0 Å². The van der Waals surface area contributed by atoms with Crippen molar-refractivity contribution in [2.24, 2.45) is 5.92 Å². The van der Waals surface area contributed by atoms with Gasteiger partial charge in [-0.15, -0.1) is 0 Å². The van der Waals surface area contributed by atoms with Crippen LogP contribution in [0.2, 0.25) is 0 Å². The topological polar surface area (TPSA) is 3.24 Å². The Kier molecular flexibility index (Phi) is 3.70. The highest BCUT2D eigenvalue weighted by Crippen LogP contribution is 2.43. The largest absolute Gasteiger partial charge is 0.366 e. The summed E-state index contributed by atoms with van der Waals surface area (Å²) in [4.78, 5) is 2.63. The van der Waals surface area contributed by atoms with E-state index in [1.807, 2.05) is 0 Å². The molecule has 0 bridgehead atoms. The van der Waals surface area contributed by atoms with Gasteiger partial charge in [-0.1, -0.05) is 39.0 Å². The molecule has 1 nitrogen and oxygen atoms in total. The Morgan fingerprint density at radius 2 is 1.94 bits per heavy atom. The first-order valence-corrected chi connectivity index (χ1v) is 7.28. The molecule has 0 aliphatic carbocycles. The van der Waals surface area contributed by atoms with Crippen molar-refractivity contribution in [2.75, 3.05) is 11.4 Å². The van der Waals surface area contributed by atoms with Gasteiger partial charge in [0.25, 0.3) is 0 Å². The van der Waals surface area contributed by atoms with E-state index in [1.165, 1.54) is 30.6 Å². The molecule has 1 unspecified atom stereocenters. The van der Waals surface area contributed by atoms with E-state index in [0.717, 1.165) is 5.92 Å². The molecule has 18 heavy (non-hydrogen) atoms. The molecule has 0 N–H and O–H groups in total. The molecule has 0 spiro atoms. The number of hydrogen-bond donors (Lipinski definition) is 0. The van der Waals surface area contributed by atoms with Crippen LogP contribution in [-0.2, 0) is 0 Å². The molecule has 0 fully saturated rings. The van der Waals surface area contributed by atoms with Crippen LogP contribution in [0.3, 0.4) is 0 Å². The summed E-state index contributed by atoms with van der Waals surface area (Å²) in [6, 6.07) is 8.95. The van der Waals surface area contributed by atoms with Crippen molar-refractivity contribution in [3.8, 4) is 0 Å². The SMILES string of the molecule is CC(C)CCN1c2ccccc2C(C)CC1(C)C. The summed E-state index contributed by atoms with van der Waals surface area (Å²) in [5, 5.41) is 0. The van der Waals surface area contributed by atoms with Gasteiger partial charge in [-0.05, 0) is 50.2 Å². The Labute approximate surface area is 112 Å². The zero-order chi connectivity index (χ0) is 13.3. The van der Waals surface area contributed by atoms with Gasteiger partial charge in [0.2, 0.25) is 0 Å². The molecule has 1 atom stereocenters. The number of hydrogen-bond acceptors (Lipinski definition) is 1. The van der Waals surface area contributed by atoms with E-state index in [4.69, 9.17) is 0 Å². The smallest absolute Gasteiger partial charge is 0.0405 e.